The molecule has 0 saturated carbocycles. The first-order chi connectivity index (χ1) is 8.95. The van der Waals surface area contributed by atoms with Crippen LogP contribution >= 0.6 is 0 Å². The van der Waals surface area contributed by atoms with Crippen LogP contribution in [-0.4, -0.2) is 0 Å². The van der Waals surface area contributed by atoms with Gasteiger partial charge >= 0.3 is 0 Å². The predicted octanol–water partition coefficient (Wildman–Crippen LogP) is -2.92. The number of aromatic nitrogens is 1. The first kappa shape index (κ1) is 15.1. The van der Waals surface area contributed by atoms with Gasteiger partial charge in [-0.05, 0) is 12.1 Å². The molecule has 1 aromatic carbocycles. The highest BCUT2D eigenvalue weighted by Crippen LogP contribution is 1.93. The molecule has 0 aliphatic heterocycles. The molecule has 0 amide bonds. The molecule has 0 N–H and O–H groups in total. The summed E-state index contributed by atoms with van der Waals surface area (Å²) in [5.41, 5.74) is 1.03. The molecule has 6 heteroatoms. The lowest BCUT2D eigenvalue weighted by atomic mass is 10.2. The van der Waals surface area contributed by atoms with Gasteiger partial charge in [0.1, 0.15) is 0 Å². The molecule has 0 atom stereocenters. The molecule has 0 aliphatic rings. The molecule has 0 spiro atoms. The van der Waals surface area contributed by atoms with E-state index in [2.05, 4.69) is 12.0 Å². The Morgan fingerprint density at radius 3 is 1.79 bits per heavy atom. The van der Waals surface area contributed by atoms with Gasteiger partial charge in [-0.1, -0.05) is 24.3 Å². The van der Waals surface area contributed by atoms with Crippen LogP contribution < -0.4 is 23.2 Å². The Morgan fingerprint density at radius 1 is 0.789 bits per heavy atom. The van der Waals surface area contributed by atoms with Crippen molar-refractivity contribution in [2.45, 2.75) is 0 Å². The molecule has 0 bridgehead atoms. The van der Waals surface area contributed by atoms with E-state index in [1.807, 2.05) is 65.5 Å². The molecular formula is C13H10ClNO4. The van der Waals surface area contributed by atoms with Gasteiger partial charge in [0, 0.05) is 23.6 Å². The smallest absolute Gasteiger partial charge is 0.222 e. The van der Waals surface area contributed by atoms with Gasteiger partial charge in [-0.3, -0.25) is 0 Å². The monoisotopic (exact) mass is 279 g/mol. The fourth-order valence-electron chi connectivity index (χ4n) is 1.12. The minimum Gasteiger partial charge on any atom is -0.222 e. The molecule has 2 rings (SSSR count). The lowest BCUT2D eigenvalue weighted by Gasteiger charge is -2.17. The zero-order valence-corrected chi connectivity index (χ0v) is 10.5. The highest BCUT2D eigenvalue weighted by atomic mass is 35.7. The number of rotatable bonds is 0. The quantitative estimate of drug-likeness (QED) is 0.381. The Labute approximate surface area is 112 Å². The van der Waals surface area contributed by atoms with Gasteiger partial charge in [0.15, 0.2) is 12.4 Å². The zero-order valence-electron chi connectivity index (χ0n) is 9.73. The summed E-state index contributed by atoms with van der Waals surface area (Å²) < 4.78 is 35.8. The first-order valence-corrected chi connectivity index (χ1v) is 6.34. The second-order valence-corrected chi connectivity index (χ2v) is 4.02. The average Bonchev–Trinajstić information content (AvgIpc) is 2.37. The fraction of sp³-hybridized carbons (Fsp3) is 0. The molecule has 0 unspecified atom stereocenters. The zero-order chi connectivity index (χ0) is 14.1. The summed E-state index contributed by atoms with van der Waals surface area (Å²) >= 11 is 0. The van der Waals surface area contributed by atoms with Gasteiger partial charge in [-0.25, -0.2) is 18.6 Å². The van der Waals surface area contributed by atoms with E-state index in [9.17, 15) is 0 Å². The summed E-state index contributed by atoms with van der Waals surface area (Å²) in [6, 6.07) is 18.9. The molecule has 0 fully saturated rings. The summed E-state index contributed by atoms with van der Waals surface area (Å²) in [5, 5.41) is 0. The minimum absolute atomic E-state index is 1.03. The molecule has 19 heavy (non-hydrogen) atoms. The van der Waals surface area contributed by atoms with Crippen molar-refractivity contribution >= 4 is 0 Å². The van der Waals surface area contributed by atoms with Gasteiger partial charge < -0.3 is 0 Å². The molecule has 2 aromatic rings. The van der Waals surface area contributed by atoms with Crippen molar-refractivity contribution < 1.29 is 33.4 Å². The fourth-order valence-corrected chi connectivity index (χ4v) is 1.12. The van der Waals surface area contributed by atoms with Crippen LogP contribution in [0.2, 0.25) is 0 Å². The van der Waals surface area contributed by atoms with Crippen molar-refractivity contribution in [3.05, 3.63) is 66.5 Å². The molecule has 1 aromatic heterocycles. The summed E-state index contributed by atoms with van der Waals surface area (Å²) in [7, 11) is -4.94. The molecule has 98 valence electrons. The van der Waals surface area contributed by atoms with Crippen LogP contribution in [0, 0.1) is 22.2 Å². The maximum Gasteiger partial charge on any atom is 0.234 e. The van der Waals surface area contributed by atoms with E-state index in [1.54, 1.807) is 0 Å². The lowest BCUT2D eigenvalue weighted by Crippen LogP contribution is -2.68. The van der Waals surface area contributed by atoms with Crippen molar-refractivity contribution in [1.29, 1.82) is 0 Å². The van der Waals surface area contributed by atoms with E-state index < -0.39 is 10.2 Å². The summed E-state index contributed by atoms with van der Waals surface area (Å²) in [6.07, 6.45) is 3.85. The van der Waals surface area contributed by atoms with Crippen molar-refractivity contribution in [2.75, 3.05) is 0 Å². The van der Waals surface area contributed by atoms with E-state index in [1.165, 1.54) is 0 Å². The number of hydrogen-bond acceptors (Lipinski definition) is 4. The molecule has 0 aliphatic carbocycles. The summed E-state index contributed by atoms with van der Waals surface area (Å²) in [4.78, 5) is 0. The molecular weight excluding hydrogens is 270 g/mol. The highest BCUT2D eigenvalue weighted by Gasteiger charge is 1.89. The Bertz CT molecular complexity index is 494. The van der Waals surface area contributed by atoms with Crippen LogP contribution in [0.25, 0.3) is 0 Å². The first-order valence-electron chi connectivity index (χ1n) is 5.10. The van der Waals surface area contributed by atoms with Gasteiger partial charge in [0.05, 0.1) is 0 Å². The van der Waals surface area contributed by atoms with E-state index >= 15 is 0 Å². The molecule has 1 heterocycles. The van der Waals surface area contributed by atoms with Crippen molar-refractivity contribution in [3.63, 3.8) is 0 Å². The Balaban J connectivity index is 0.000000312. The number of hydrogen-bond donors (Lipinski definition) is 0. The van der Waals surface area contributed by atoms with E-state index in [0.29, 0.717) is 0 Å². The van der Waals surface area contributed by atoms with Gasteiger partial charge in [0.25, 0.3) is 0 Å². The minimum atomic E-state index is -4.94. The number of pyridine rings is 1. The van der Waals surface area contributed by atoms with E-state index in [-0.39, 0.29) is 0 Å². The maximum atomic E-state index is 8.49. The SMILES string of the molecule is C(#C[n+]1ccccc1)c1ccccc1.[O-][Cl+3]([O-])([O-])[O-]. The number of benzene rings is 1. The third kappa shape index (κ3) is 8.74. The topological polar surface area (TPSA) is 96.1 Å². The summed E-state index contributed by atoms with van der Waals surface area (Å²) in [6.45, 7) is 0. The standard InChI is InChI=1S/C13H10N.ClHO4/c1-3-7-13(8-4-1)9-12-14-10-5-2-6-11-14;2-1(3,4)5/h1-8,10-11H;(H,2,3,4,5)/q+1;/p-1. The Morgan fingerprint density at radius 2 is 1.26 bits per heavy atom. The molecule has 0 radical (unpaired) electrons. The average molecular weight is 280 g/mol. The number of halogens is 1. The normalized spacial score (nSPS) is 9.68. The van der Waals surface area contributed by atoms with Crippen molar-refractivity contribution in [1.82, 2.24) is 0 Å². The third-order valence-electron chi connectivity index (χ3n) is 1.82. The van der Waals surface area contributed by atoms with Crippen molar-refractivity contribution in [2.24, 2.45) is 0 Å². The van der Waals surface area contributed by atoms with Crippen LogP contribution in [0.5, 0.6) is 0 Å². The van der Waals surface area contributed by atoms with Crippen molar-refractivity contribution in [3.8, 4) is 12.0 Å². The largest absolute Gasteiger partial charge is 0.234 e. The van der Waals surface area contributed by atoms with Gasteiger partial charge in [-0.2, -0.15) is 0 Å². The lowest BCUT2D eigenvalue weighted by molar-refractivity contribution is -2.00. The van der Waals surface area contributed by atoms with Crippen LogP contribution in [-0.2, 0) is 0 Å². The van der Waals surface area contributed by atoms with Gasteiger partial charge in [0.2, 0.25) is 6.04 Å². The van der Waals surface area contributed by atoms with Gasteiger partial charge in [-0.15, -0.1) is 14.8 Å². The van der Waals surface area contributed by atoms with Crippen LogP contribution in [0.4, 0.5) is 0 Å². The third-order valence-corrected chi connectivity index (χ3v) is 1.82. The molecule has 0 saturated heterocycles. The number of nitrogens with zero attached hydrogens (tertiary/aromatic N) is 1. The highest BCUT2D eigenvalue weighted by molar-refractivity contribution is 5.31. The van der Waals surface area contributed by atoms with E-state index in [4.69, 9.17) is 18.6 Å². The van der Waals surface area contributed by atoms with Crippen LogP contribution in [0.1, 0.15) is 5.56 Å². The maximum absolute atomic E-state index is 8.49. The second-order valence-electron chi connectivity index (χ2n) is 3.26. The summed E-state index contributed by atoms with van der Waals surface area (Å²) in [5.74, 6) is 3.07. The Kier molecular flexibility index (Phi) is 5.96. The van der Waals surface area contributed by atoms with Crippen LogP contribution in [0.15, 0.2) is 60.9 Å². The molecule has 5 nitrogen and oxygen atoms in total. The second kappa shape index (κ2) is 7.48. The predicted molar refractivity (Wildman–Crippen MR) is 55.4 cm³/mol. The Hall–Kier alpha value is -1.94. The van der Waals surface area contributed by atoms with E-state index in [0.717, 1.165) is 5.56 Å². The van der Waals surface area contributed by atoms with Crippen LogP contribution in [0.3, 0.4) is 0 Å².